The average Bonchev–Trinajstić information content (AvgIpc) is 2.44. The first kappa shape index (κ1) is 9.29. The molecule has 70 valence electrons. The maximum Gasteiger partial charge on any atom is 0.207 e. The van der Waals surface area contributed by atoms with Crippen LogP contribution in [-0.4, -0.2) is 0 Å². The van der Waals surface area contributed by atoms with E-state index >= 15 is 0 Å². The number of aryl methyl sites for hydroxylation is 2. The molecule has 0 atom stereocenters. The number of furan rings is 1. The zero-order valence-corrected chi connectivity index (χ0v) is 9.47. The van der Waals surface area contributed by atoms with Gasteiger partial charge in [-0.2, -0.15) is 5.26 Å². The molecular formula is C11H8BrNO. The molecule has 0 amide bonds. The third-order valence-corrected chi connectivity index (χ3v) is 2.75. The zero-order chi connectivity index (χ0) is 10.3. The minimum atomic E-state index is 0.404. The Bertz CT molecular complexity index is 548. The molecule has 0 radical (unpaired) electrons. The van der Waals surface area contributed by atoms with E-state index < -0.39 is 0 Å². The van der Waals surface area contributed by atoms with Crippen LogP contribution >= 0.6 is 15.9 Å². The Balaban J connectivity index is 2.94. The van der Waals surface area contributed by atoms with Crippen LogP contribution in [0.25, 0.3) is 11.0 Å². The molecule has 2 rings (SSSR count). The van der Waals surface area contributed by atoms with Gasteiger partial charge in [0.15, 0.2) is 0 Å². The van der Waals surface area contributed by atoms with Gasteiger partial charge in [0.2, 0.25) is 5.76 Å². The average molecular weight is 250 g/mol. The Kier molecular flexibility index (Phi) is 2.09. The molecule has 0 aliphatic heterocycles. The molecule has 0 saturated heterocycles. The molecule has 0 saturated carbocycles. The van der Waals surface area contributed by atoms with Crippen LogP contribution in [0.4, 0.5) is 0 Å². The van der Waals surface area contributed by atoms with Crippen molar-refractivity contribution in [3.63, 3.8) is 0 Å². The first-order valence-electron chi connectivity index (χ1n) is 4.23. The van der Waals surface area contributed by atoms with Crippen molar-refractivity contribution < 1.29 is 4.42 Å². The predicted octanol–water partition coefficient (Wildman–Crippen LogP) is 3.68. The zero-order valence-electron chi connectivity index (χ0n) is 7.89. The van der Waals surface area contributed by atoms with Gasteiger partial charge < -0.3 is 4.42 Å². The van der Waals surface area contributed by atoms with E-state index in [1.165, 1.54) is 0 Å². The summed E-state index contributed by atoms with van der Waals surface area (Å²) in [5.41, 5.74) is 2.76. The highest BCUT2D eigenvalue weighted by atomic mass is 79.9. The van der Waals surface area contributed by atoms with E-state index in [0.717, 1.165) is 26.6 Å². The Morgan fingerprint density at radius 3 is 2.71 bits per heavy atom. The van der Waals surface area contributed by atoms with Crippen molar-refractivity contribution in [3.05, 3.63) is 33.5 Å². The third kappa shape index (κ3) is 1.23. The van der Waals surface area contributed by atoms with E-state index in [4.69, 9.17) is 9.68 Å². The maximum absolute atomic E-state index is 8.82. The van der Waals surface area contributed by atoms with Crippen LogP contribution in [0, 0.1) is 25.2 Å². The Labute approximate surface area is 90.3 Å². The summed E-state index contributed by atoms with van der Waals surface area (Å²) >= 11 is 3.42. The van der Waals surface area contributed by atoms with Crippen molar-refractivity contribution in [2.45, 2.75) is 13.8 Å². The number of rotatable bonds is 0. The molecule has 3 heteroatoms. The van der Waals surface area contributed by atoms with Crippen molar-refractivity contribution in [1.29, 1.82) is 5.26 Å². The lowest BCUT2D eigenvalue weighted by molar-refractivity contribution is 0.594. The van der Waals surface area contributed by atoms with E-state index in [9.17, 15) is 0 Å². The molecule has 2 aromatic rings. The van der Waals surface area contributed by atoms with Gasteiger partial charge in [-0.05, 0) is 31.5 Å². The van der Waals surface area contributed by atoms with Crippen molar-refractivity contribution >= 4 is 26.9 Å². The molecule has 14 heavy (non-hydrogen) atoms. The van der Waals surface area contributed by atoms with Crippen molar-refractivity contribution in [2.75, 3.05) is 0 Å². The van der Waals surface area contributed by atoms with Gasteiger partial charge in [-0.1, -0.05) is 15.9 Å². The minimum absolute atomic E-state index is 0.404. The first-order chi connectivity index (χ1) is 6.63. The first-order valence-corrected chi connectivity index (χ1v) is 5.02. The van der Waals surface area contributed by atoms with E-state index in [2.05, 4.69) is 15.9 Å². The van der Waals surface area contributed by atoms with Crippen LogP contribution in [0.3, 0.4) is 0 Å². The standard InChI is InChI=1S/C11H8BrNO/c1-6-3-8(12)4-9-7(2)10(5-13)14-11(6)9/h3-4H,1-2H3. The summed E-state index contributed by atoms with van der Waals surface area (Å²) in [6, 6.07) is 6.00. The lowest BCUT2D eigenvalue weighted by Crippen LogP contribution is -1.75. The second-order valence-corrected chi connectivity index (χ2v) is 4.18. The van der Waals surface area contributed by atoms with Crippen LogP contribution in [0.2, 0.25) is 0 Å². The van der Waals surface area contributed by atoms with E-state index in [1.807, 2.05) is 32.0 Å². The molecule has 0 aliphatic rings. The molecule has 0 fully saturated rings. The van der Waals surface area contributed by atoms with Gasteiger partial charge in [-0.15, -0.1) is 0 Å². The molecule has 1 aromatic heterocycles. The predicted molar refractivity (Wildman–Crippen MR) is 58.1 cm³/mol. The summed E-state index contributed by atoms with van der Waals surface area (Å²) in [6.45, 7) is 3.87. The lowest BCUT2D eigenvalue weighted by atomic mass is 10.1. The van der Waals surface area contributed by atoms with Gasteiger partial charge in [0.05, 0.1) is 0 Å². The Morgan fingerprint density at radius 2 is 2.07 bits per heavy atom. The highest BCUT2D eigenvalue weighted by Gasteiger charge is 2.11. The largest absolute Gasteiger partial charge is 0.445 e. The number of nitriles is 1. The number of hydrogen-bond acceptors (Lipinski definition) is 2. The number of fused-ring (bicyclic) bond motifs is 1. The van der Waals surface area contributed by atoms with Gasteiger partial charge in [-0.3, -0.25) is 0 Å². The lowest BCUT2D eigenvalue weighted by Gasteiger charge is -1.96. The second kappa shape index (κ2) is 3.14. The topological polar surface area (TPSA) is 36.9 Å². The molecule has 0 bridgehead atoms. The SMILES string of the molecule is Cc1c(C#N)oc2c(C)cc(Br)cc12. The van der Waals surface area contributed by atoms with Gasteiger partial charge in [0, 0.05) is 15.4 Å². The normalized spacial score (nSPS) is 10.4. The summed E-state index contributed by atoms with van der Waals surface area (Å²) < 4.78 is 6.46. The summed E-state index contributed by atoms with van der Waals surface area (Å²) in [5.74, 6) is 0.404. The molecule has 0 N–H and O–H groups in total. The minimum Gasteiger partial charge on any atom is -0.445 e. The van der Waals surface area contributed by atoms with Gasteiger partial charge >= 0.3 is 0 Å². The molecule has 1 aromatic carbocycles. The van der Waals surface area contributed by atoms with Crippen LogP contribution in [0.15, 0.2) is 21.0 Å². The second-order valence-electron chi connectivity index (χ2n) is 3.27. The van der Waals surface area contributed by atoms with Crippen molar-refractivity contribution in [1.82, 2.24) is 0 Å². The molecule has 1 heterocycles. The summed E-state index contributed by atoms with van der Waals surface area (Å²) in [5, 5.41) is 9.83. The fourth-order valence-corrected chi connectivity index (χ4v) is 2.12. The Hall–Kier alpha value is -1.27. The van der Waals surface area contributed by atoms with Crippen LogP contribution in [0.5, 0.6) is 0 Å². The van der Waals surface area contributed by atoms with E-state index in [0.29, 0.717) is 5.76 Å². The highest BCUT2D eigenvalue weighted by Crippen LogP contribution is 2.30. The highest BCUT2D eigenvalue weighted by molar-refractivity contribution is 9.10. The van der Waals surface area contributed by atoms with E-state index in [1.54, 1.807) is 0 Å². The number of nitrogens with zero attached hydrogens (tertiary/aromatic N) is 1. The monoisotopic (exact) mass is 249 g/mol. The maximum atomic E-state index is 8.82. The van der Waals surface area contributed by atoms with Gasteiger partial charge in [0.25, 0.3) is 0 Å². The molecule has 0 unspecified atom stereocenters. The van der Waals surface area contributed by atoms with Crippen LogP contribution < -0.4 is 0 Å². The van der Waals surface area contributed by atoms with Crippen molar-refractivity contribution in [2.24, 2.45) is 0 Å². The summed E-state index contributed by atoms with van der Waals surface area (Å²) in [4.78, 5) is 0. The van der Waals surface area contributed by atoms with Crippen LogP contribution in [-0.2, 0) is 0 Å². The van der Waals surface area contributed by atoms with Gasteiger partial charge in [0.1, 0.15) is 11.7 Å². The molecule has 0 spiro atoms. The fourth-order valence-electron chi connectivity index (χ4n) is 1.55. The smallest absolute Gasteiger partial charge is 0.207 e. The number of halogens is 1. The summed E-state index contributed by atoms with van der Waals surface area (Å²) in [7, 11) is 0. The molecular weight excluding hydrogens is 242 g/mol. The number of hydrogen-bond donors (Lipinski definition) is 0. The fraction of sp³-hybridized carbons (Fsp3) is 0.182. The van der Waals surface area contributed by atoms with Crippen molar-refractivity contribution in [3.8, 4) is 6.07 Å². The third-order valence-electron chi connectivity index (χ3n) is 2.29. The van der Waals surface area contributed by atoms with E-state index in [-0.39, 0.29) is 0 Å². The quantitative estimate of drug-likeness (QED) is 0.715. The van der Waals surface area contributed by atoms with Crippen LogP contribution in [0.1, 0.15) is 16.9 Å². The summed E-state index contributed by atoms with van der Waals surface area (Å²) in [6.07, 6.45) is 0. The number of benzene rings is 1. The molecule has 0 aliphatic carbocycles. The molecule has 2 nitrogen and oxygen atoms in total. The van der Waals surface area contributed by atoms with Gasteiger partial charge in [-0.25, -0.2) is 0 Å². The Morgan fingerprint density at radius 1 is 1.36 bits per heavy atom.